The first kappa shape index (κ1) is 26.7. The summed E-state index contributed by atoms with van der Waals surface area (Å²) in [7, 11) is 0.335. The van der Waals surface area contributed by atoms with E-state index in [1.54, 1.807) is 30.5 Å². The summed E-state index contributed by atoms with van der Waals surface area (Å²) in [6, 6.07) is 22.1. The first-order valence-corrected chi connectivity index (χ1v) is 14.5. The zero-order chi connectivity index (χ0) is 27.7. The highest BCUT2D eigenvalue weighted by molar-refractivity contribution is 7.92. The highest BCUT2D eigenvalue weighted by Gasteiger charge is 2.29. The van der Waals surface area contributed by atoms with Crippen LogP contribution in [-0.2, 0) is 14.8 Å². The molecule has 0 fully saturated rings. The maximum Gasteiger partial charge on any atom is 0.258 e. The minimum atomic E-state index is -3.46. The topological polar surface area (TPSA) is 94.6 Å². The number of carbonyl (C=O) groups is 1. The lowest BCUT2D eigenvalue weighted by Crippen LogP contribution is -2.35. The molecule has 8 nitrogen and oxygen atoms in total. The summed E-state index contributed by atoms with van der Waals surface area (Å²) in [4.78, 5) is 19.6. The molecule has 0 unspecified atom stereocenters. The van der Waals surface area contributed by atoms with Crippen LogP contribution in [0.25, 0.3) is 22.2 Å². The molecule has 10 heteroatoms. The molecule has 1 aliphatic rings. The van der Waals surface area contributed by atoms with Crippen molar-refractivity contribution < 1.29 is 13.2 Å². The second kappa shape index (κ2) is 10.7. The maximum atomic E-state index is 13.3. The Morgan fingerprint density at radius 2 is 1.77 bits per heavy atom. The molecule has 0 bridgehead atoms. The summed E-state index contributed by atoms with van der Waals surface area (Å²) < 4.78 is 26.3. The number of pyridine rings is 1. The third-order valence-electron chi connectivity index (χ3n) is 6.44. The number of fused-ring (bicyclic) bond motifs is 2. The molecule has 3 aromatic carbocycles. The van der Waals surface area contributed by atoms with Crippen molar-refractivity contribution in [3.8, 4) is 0 Å². The summed E-state index contributed by atoms with van der Waals surface area (Å²) >= 11 is 6.18. The number of likely N-dealkylation sites (N-methyl/N-ethyl adjacent to an activating group) is 1. The van der Waals surface area contributed by atoms with Crippen molar-refractivity contribution in [3.63, 3.8) is 0 Å². The predicted molar refractivity (Wildman–Crippen MR) is 159 cm³/mol. The van der Waals surface area contributed by atoms with Crippen LogP contribution in [0.3, 0.4) is 0 Å². The van der Waals surface area contributed by atoms with E-state index < -0.39 is 10.0 Å². The Hall–Kier alpha value is -3.92. The van der Waals surface area contributed by atoms with Gasteiger partial charge >= 0.3 is 0 Å². The summed E-state index contributed by atoms with van der Waals surface area (Å²) in [6.45, 7) is 0.914. The average Bonchev–Trinajstić information content (AvgIpc) is 3.21. The lowest BCUT2D eigenvalue weighted by Gasteiger charge is -2.24. The van der Waals surface area contributed by atoms with E-state index in [1.807, 2.05) is 67.5 Å². The van der Waals surface area contributed by atoms with Crippen LogP contribution < -0.4 is 14.9 Å². The molecule has 1 aliphatic heterocycles. The van der Waals surface area contributed by atoms with Crippen LogP contribution in [0.15, 0.2) is 79.0 Å². The molecular weight excluding hydrogens is 534 g/mol. The minimum Gasteiger partial charge on any atom is -0.354 e. The maximum absolute atomic E-state index is 13.3. The lowest BCUT2D eigenvalue weighted by atomic mass is 9.99. The molecule has 1 amide bonds. The Kier molecular flexibility index (Phi) is 7.31. The summed E-state index contributed by atoms with van der Waals surface area (Å²) in [6.07, 6.45) is 2.94. The lowest BCUT2D eigenvalue weighted by molar-refractivity contribution is -0.110. The number of nitrogens with zero attached hydrogens (tertiary/aromatic N) is 3. The molecule has 0 atom stereocenters. The van der Waals surface area contributed by atoms with E-state index in [9.17, 15) is 13.2 Å². The van der Waals surface area contributed by atoms with Gasteiger partial charge in [0.2, 0.25) is 10.0 Å². The Bertz CT molecular complexity index is 1700. The highest BCUT2D eigenvalue weighted by atomic mass is 35.5. The van der Waals surface area contributed by atoms with Gasteiger partial charge in [0.1, 0.15) is 0 Å². The number of anilines is 3. The Balaban J connectivity index is 1.58. The summed E-state index contributed by atoms with van der Waals surface area (Å²) in [5.74, 6) is -0.246. The standard InChI is InChI=1S/C29H28ClN5O3S/c1-34(2)15-16-35(39(3,37)38)23-10-8-22(9-11-23)32-28(20-6-13-25-19(17-20)5-4-14-31-25)27-24-12-7-21(30)18-26(24)33-29(27)36/h4-14,17-18,32H,15-16H2,1-3H3,(H,33,36)/b28-27-. The van der Waals surface area contributed by atoms with E-state index in [4.69, 9.17) is 11.6 Å². The number of hydrogen-bond donors (Lipinski definition) is 2. The summed E-state index contributed by atoms with van der Waals surface area (Å²) in [5, 5.41) is 7.81. The predicted octanol–water partition coefficient (Wildman–Crippen LogP) is 5.15. The van der Waals surface area contributed by atoms with E-state index in [-0.39, 0.29) is 5.91 Å². The Labute approximate surface area is 233 Å². The van der Waals surface area contributed by atoms with E-state index in [2.05, 4.69) is 15.6 Å². The number of carbonyl (C=O) groups excluding carboxylic acids is 1. The number of hydrogen-bond acceptors (Lipinski definition) is 6. The van der Waals surface area contributed by atoms with E-state index in [1.165, 1.54) is 10.6 Å². The van der Waals surface area contributed by atoms with Gasteiger partial charge in [-0.1, -0.05) is 29.8 Å². The van der Waals surface area contributed by atoms with Crippen LogP contribution in [0.4, 0.5) is 17.1 Å². The number of halogens is 1. The average molecular weight is 562 g/mol. The second-order valence-corrected chi connectivity index (χ2v) is 12.0. The zero-order valence-electron chi connectivity index (χ0n) is 21.8. The van der Waals surface area contributed by atoms with Crippen molar-refractivity contribution >= 4 is 66.8 Å². The fourth-order valence-electron chi connectivity index (χ4n) is 4.54. The van der Waals surface area contributed by atoms with Crippen LogP contribution in [-0.4, -0.2) is 57.6 Å². The second-order valence-electron chi connectivity index (χ2n) is 9.62. The molecule has 0 saturated carbocycles. The SMILES string of the molecule is CN(C)CCN(c1ccc(N/C(=C2\C(=O)Nc3cc(Cl)ccc32)c2ccc3ncccc3c2)cc1)S(C)(=O)=O. The molecule has 0 radical (unpaired) electrons. The van der Waals surface area contributed by atoms with Gasteiger partial charge in [0.05, 0.1) is 34.4 Å². The van der Waals surface area contributed by atoms with Crippen LogP contribution in [0, 0.1) is 0 Å². The molecule has 2 N–H and O–H groups in total. The van der Waals surface area contributed by atoms with Gasteiger partial charge in [-0.2, -0.15) is 0 Å². The molecule has 5 rings (SSSR count). The van der Waals surface area contributed by atoms with Gasteiger partial charge in [-0.25, -0.2) is 8.42 Å². The summed E-state index contributed by atoms with van der Waals surface area (Å²) in [5.41, 5.74) is 5.38. The quantitative estimate of drug-likeness (QED) is 0.289. The number of rotatable bonds is 8. The van der Waals surface area contributed by atoms with Crippen molar-refractivity contribution in [1.29, 1.82) is 0 Å². The van der Waals surface area contributed by atoms with Crippen LogP contribution >= 0.6 is 11.6 Å². The molecule has 0 saturated heterocycles. The van der Waals surface area contributed by atoms with Crippen molar-refractivity contribution in [2.24, 2.45) is 0 Å². The number of benzene rings is 3. The number of aromatic nitrogens is 1. The fraction of sp³-hybridized carbons (Fsp3) is 0.172. The molecular formula is C29H28ClN5O3S. The monoisotopic (exact) mass is 561 g/mol. The van der Waals surface area contributed by atoms with Gasteiger partial charge in [-0.3, -0.25) is 14.1 Å². The van der Waals surface area contributed by atoms with Crippen molar-refractivity contribution in [1.82, 2.24) is 9.88 Å². The van der Waals surface area contributed by atoms with Gasteiger partial charge in [0.15, 0.2) is 0 Å². The van der Waals surface area contributed by atoms with Gasteiger partial charge < -0.3 is 15.5 Å². The molecule has 0 spiro atoms. The zero-order valence-corrected chi connectivity index (χ0v) is 23.3. The Morgan fingerprint density at radius 1 is 1.00 bits per heavy atom. The van der Waals surface area contributed by atoms with Crippen molar-refractivity contribution in [3.05, 3.63) is 95.1 Å². The molecule has 0 aliphatic carbocycles. The van der Waals surface area contributed by atoms with Gasteiger partial charge in [0, 0.05) is 40.9 Å². The number of nitrogens with one attached hydrogen (secondary N) is 2. The smallest absolute Gasteiger partial charge is 0.258 e. The van der Waals surface area contributed by atoms with Crippen molar-refractivity contribution in [2.45, 2.75) is 0 Å². The molecule has 200 valence electrons. The van der Waals surface area contributed by atoms with E-state index >= 15 is 0 Å². The molecule has 39 heavy (non-hydrogen) atoms. The minimum absolute atomic E-state index is 0.246. The number of sulfonamides is 1. The normalized spacial score (nSPS) is 14.3. The Morgan fingerprint density at radius 3 is 2.49 bits per heavy atom. The van der Waals surface area contributed by atoms with Crippen LogP contribution in [0.1, 0.15) is 11.1 Å². The molecule has 2 heterocycles. The van der Waals surface area contributed by atoms with E-state index in [0.717, 1.165) is 22.0 Å². The molecule has 4 aromatic rings. The number of amides is 1. The van der Waals surface area contributed by atoms with Crippen molar-refractivity contribution in [2.75, 3.05) is 48.4 Å². The largest absolute Gasteiger partial charge is 0.354 e. The van der Waals surface area contributed by atoms with Gasteiger partial charge in [0.25, 0.3) is 5.91 Å². The fourth-order valence-corrected chi connectivity index (χ4v) is 5.63. The first-order chi connectivity index (χ1) is 18.6. The van der Waals surface area contributed by atoms with Gasteiger partial charge in [-0.05, 0) is 74.3 Å². The third-order valence-corrected chi connectivity index (χ3v) is 7.87. The van der Waals surface area contributed by atoms with Crippen LogP contribution in [0.2, 0.25) is 5.02 Å². The van der Waals surface area contributed by atoms with Crippen LogP contribution in [0.5, 0.6) is 0 Å². The van der Waals surface area contributed by atoms with Gasteiger partial charge in [-0.15, -0.1) is 0 Å². The third kappa shape index (κ3) is 5.75. The molecule has 1 aromatic heterocycles. The highest BCUT2D eigenvalue weighted by Crippen LogP contribution is 2.39. The van der Waals surface area contributed by atoms with E-state index in [0.29, 0.717) is 46.4 Å². The first-order valence-electron chi connectivity index (χ1n) is 12.3.